The molecule has 0 aliphatic heterocycles. The van der Waals surface area contributed by atoms with Crippen molar-refractivity contribution in [3.63, 3.8) is 0 Å². The smallest absolute Gasteiger partial charge is 0.306 e. The van der Waals surface area contributed by atoms with Gasteiger partial charge < -0.3 is 4.52 Å². The van der Waals surface area contributed by atoms with E-state index in [0.717, 1.165) is 5.56 Å². The second-order valence-corrected chi connectivity index (χ2v) is 10.6. The number of alkyl halides is 1. The second kappa shape index (κ2) is 12.8. The van der Waals surface area contributed by atoms with Gasteiger partial charge in [-0.15, -0.1) is 0 Å². The van der Waals surface area contributed by atoms with Crippen LogP contribution in [0.4, 0.5) is 0 Å². The van der Waals surface area contributed by atoms with Gasteiger partial charge in [-0.25, -0.2) is 9.76 Å². The summed E-state index contributed by atoms with van der Waals surface area (Å²) in [6.45, 7) is 2.29. The summed E-state index contributed by atoms with van der Waals surface area (Å²) < 4.78 is 47.8. The van der Waals surface area contributed by atoms with Crippen LogP contribution in [0.2, 0.25) is 0 Å². The highest BCUT2D eigenvalue weighted by Crippen LogP contribution is 2.45. The zero-order valence-corrected chi connectivity index (χ0v) is 19.0. The minimum Gasteiger partial charge on any atom is -0.306 e. The van der Waals surface area contributed by atoms with Crippen LogP contribution < -0.4 is 5.09 Å². The molecular formula is C17H28BrN2O5PS. The minimum absolute atomic E-state index is 0.0976. The van der Waals surface area contributed by atoms with Crippen LogP contribution >= 0.6 is 23.6 Å². The molecule has 0 aromatic heterocycles. The van der Waals surface area contributed by atoms with Crippen LogP contribution in [-0.4, -0.2) is 57.5 Å². The van der Waals surface area contributed by atoms with Crippen LogP contribution in [0, 0.1) is 0 Å². The molecule has 1 aromatic rings. The first-order chi connectivity index (χ1) is 12.8. The Morgan fingerprint density at radius 1 is 1.26 bits per heavy atom. The van der Waals surface area contributed by atoms with Crippen LogP contribution in [0.25, 0.3) is 6.08 Å². The molecule has 1 atom stereocenters. The fourth-order valence-corrected chi connectivity index (χ4v) is 4.92. The Hall–Kier alpha value is -0.540. The van der Waals surface area contributed by atoms with Gasteiger partial charge in [-0.3, -0.25) is 8.75 Å². The normalized spacial score (nSPS) is 14.7. The molecule has 0 aliphatic rings. The minimum atomic E-state index is -3.52. The van der Waals surface area contributed by atoms with Gasteiger partial charge in [-0.1, -0.05) is 58.4 Å². The Bertz CT molecular complexity index is 715. The molecule has 1 rings (SSSR count). The maximum Gasteiger partial charge on any atom is 0.343 e. The van der Waals surface area contributed by atoms with Crippen molar-refractivity contribution in [3.05, 3.63) is 42.0 Å². The topological polar surface area (TPSA) is 84.9 Å². The van der Waals surface area contributed by atoms with E-state index in [9.17, 15) is 13.0 Å². The van der Waals surface area contributed by atoms with E-state index in [1.165, 1.54) is 6.92 Å². The van der Waals surface area contributed by atoms with Crippen molar-refractivity contribution in [2.75, 3.05) is 44.4 Å². The van der Waals surface area contributed by atoms with E-state index in [4.69, 9.17) is 8.71 Å². The molecule has 0 saturated carbocycles. The highest BCUT2D eigenvalue weighted by atomic mass is 79.9. The van der Waals surface area contributed by atoms with Crippen molar-refractivity contribution in [2.45, 2.75) is 13.3 Å². The standard InChI is InChI=1S/C17H28BrN2O5PS/c1-3-27(22,23)25-16-13-19-26(21,20(2)14-12-18)24-15-8-7-11-17-9-5-4-6-10-17/h4-7,9-11H,3,8,12-16H2,1-2H3,(H,19,21)/b11-7+. The zero-order chi connectivity index (χ0) is 20.2. The van der Waals surface area contributed by atoms with Crippen molar-refractivity contribution in [1.29, 1.82) is 0 Å². The summed E-state index contributed by atoms with van der Waals surface area (Å²) in [6, 6.07) is 9.88. The maximum atomic E-state index is 13.1. The predicted molar refractivity (Wildman–Crippen MR) is 113 cm³/mol. The van der Waals surface area contributed by atoms with Crippen LogP contribution in [0.5, 0.6) is 0 Å². The zero-order valence-electron chi connectivity index (χ0n) is 15.7. The Kier molecular flexibility index (Phi) is 11.6. The molecule has 7 nitrogen and oxygen atoms in total. The van der Waals surface area contributed by atoms with E-state index in [-0.39, 0.29) is 25.5 Å². The molecule has 0 amide bonds. The molecule has 1 aromatic carbocycles. The third-order valence-electron chi connectivity index (χ3n) is 3.55. The molecule has 154 valence electrons. The van der Waals surface area contributed by atoms with Gasteiger partial charge in [0.25, 0.3) is 10.1 Å². The number of nitrogens with one attached hydrogen (secondary N) is 1. The Balaban J connectivity index is 2.51. The number of hydrogen-bond acceptors (Lipinski definition) is 5. The van der Waals surface area contributed by atoms with Crippen molar-refractivity contribution in [2.24, 2.45) is 0 Å². The van der Waals surface area contributed by atoms with Crippen molar-refractivity contribution in [1.82, 2.24) is 9.76 Å². The van der Waals surface area contributed by atoms with Gasteiger partial charge in [0, 0.05) is 18.4 Å². The summed E-state index contributed by atoms with van der Waals surface area (Å²) in [6.07, 6.45) is 4.54. The molecule has 0 aliphatic carbocycles. The quantitative estimate of drug-likeness (QED) is 0.188. The number of rotatable bonds is 14. The average molecular weight is 483 g/mol. The van der Waals surface area contributed by atoms with Gasteiger partial charge in [0.05, 0.1) is 19.0 Å². The highest BCUT2D eigenvalue weighted by Gasteiger charge is 2.28. The average Bonchev–Trinajstić information content (AvgIpc) is 2.66. The van der Waals surface area contributed by atoms with Gasteiger partial charge in [0.1, 0.15) is 0 Å². The van der Waals surface area contributed by atoms with E-state index in [1.807, 2.05) is 42.5 Å². The molecule has 0 bridgehead atoms. The lowest BCUT2D eigenvalue weighted by Gasteiger charge is -2.27. The van der Waals surface area contributed by atoms with E-state index < -0.39 is 17.8 Å². The van der Waals surface area contributed by atoms with Gasteiger partial charge in [-0.05, 0) is 26.0 Å². The van der Waals surface area contributed by atoms with Gasteiger partial charge >= 0.3 is 7.67 Å². The van der Waals surface area contributed by atoms with Gasteiger partial charge in [-0.2, -0.15) is 8.42 Å². The third-order valence-corrected chi connectivity index (χ3v) is 7.39. The number of benzene rings is 1. The number of hydrogen-bond donors (Lipinski definition) is 1. The lowest BCUT2D eigenvalue weighted by molar-refractivity contribution is 0.263. The third kappa shape index (κ3) is 9.99. The lowest BCUT2D eigenvalue weighted by atomic mass is 10.2. The second-order valence-electron chi connectivity index (χ2n) is 5.60. The molecule has 27 heavy (non-hydrogen) atoms. The molecule has 1 unspecified atom stereocenters. The first kappa shape index (κ1) is 24.5. The monoisotopic (exact) mass is 482 g/mol. The van der Waals surface area contributed by atoms with Crippen molar-refractivity contribution in [3.8, 4) is 0 Å². The largest absolute Gasteiger partial charge is 0.343 e. The molecular weight excluding hydrogens is 455 g/mol. The summed E-state index contributed by atoms with van der Waals surface area (Å²) in [5.74, 6) is -0.0988. The fraction of sp³-hybridized carbons (Fsp3) is 0.529. The van der Waals surface area contributed by atoms with Crippen LogP contribution in [0.3, 0.4) is 0 Å². The molecule has 0 heterocycles. The van der Waals surface area contributed by atoms with Crippen LogP contribution in [-0.2, 0) is 23.4 Å². The molecule has 0 radical (unpaired) electrons. The summed E-state index contributed by atoms with van der Waals surface area (Å²) >= 11 is 3.32. The first-order valence-corrected chi connectivity index (χ1v) is 13.0. The summed E-state index contributed by atoms with van der Waals surface area (Å²) in [4.78, 5) is 0. The summed E-state index contributed by atoms with van der Waals surface area (Å²) in [5, 5.41) is 3.44. The maximum absolute atomic E-state index is 13.1. The van der Waals surface area contributed by atoms with Crippen LogP contribution in [0.1, 0.15) is 18.9 Å². The fourth-order valence-electron chi connectivity index (χ4n) is 1.99. The molecule has 0 spiro atoms. The highest BCUT2D eigenvalue weighted by molar-refractivity contribution is 9.09. The SMILES string of the molecule is CCS(=O)(=O)OCCNP(=O)(OCC/C=C/c1ccccc1)N(C)CCBr. The summed E-state index contributed by atoms with van der Waals surface area (Å²) in [7, 11) is -5.11. The van der Waals surface area contributed by atoms with Crippen molar-refractivity contribution >= 4 is 39.8 Å². The molecule has 0 fully saturated rings. The van der Waals surface area contributed by atoms with Crippen molar-refractivity contribution < 1.29 is 21.7 Å². The van der Waals surface area contributed by atoms with Gasteiger partial charge in [0.2, 0.25) is 0 Å². The molecule has 1 N–H and O–H groups in total. The Morgan fingerprint density at radius 2 is 1.96 bits per heavy atom. The number of nitrogens with zero attached hydrogens (tertiary/aromatic N) is 1. The first-order valence-electron chi connectivity index (χ1n) is 8.69. The Labute approximate surface area is 170 Å². The summed E-state index contributed by atoms with van der Waals surface area (Å²) in [5.41, 5.74) is 1.09. The molecule has 10 heteroatoms. The van der Waals surface area contributed by atoms with E-state index in [2.05, 4.69) is 21.0 Å². The van der Waals surface area contributed by atoms with E-state index in [1.54, 1.807) is 11.7 Å². The number of halogens is 1. The lowest BCUT2D eigenvalue weighted by Crippen LogP contribution is -2.30. The Morgan fingerprint density at radius 3 is 2.59 bits per heavy atom. The van der Waals surface area contributed by atoms with E-state index in [0.29, 0.717) is 18.3 Å². The van der Waals surface area contributed by atoms with E-state index >= 15 is 0 Å². The van der Waals surface area contributed by atoms with Crippen LogP contribution in [0.15, 0.2) is 36.4 Å². The van der Waals surface area contributed by atoms with Gasteiger partial charge in [0.15, 0.2) is 0 Å². The molecule has 0 saturated heterocycles. The predicted octanol–water partition coefficient (Wildman–Crippen LogP) is 3.50.